The highest BCUT2D eigenvalue weighted by molar-refractivity contribution is 5.94. The van der Waals surface area contributed by atoms with Gasteiger partial charge in [0.25, 0.3) is 5.91 Å². The van der Waals surface area contributed by atoms with Crippen LogP contribution in [0.4, 0.5) is 0 Å². The van der Waals surface area contributed by atoms with Crippen LogP contribution in [0.5, 0.6) is 5.75 Å². The number of likely N-dealkylation sites (tertiary alicyclic amines) is 1. The molecule has 1 atom stereocenters. The lowest BCUT2D eigenvalue weighted by Gasteiger charge is -2.14. The van der Waals surface area contributed by atoms with Gasteiger partial charge >= 0.3 is 0 Å². The molecule has 2 amide bonds. The van der Waals surface area contributed by atoms with Crippen molar-refractivity contribution >= 4 is 11.8 Å². The Morgan fingerprint density at radius 2 is 2.00 bits per heavy atom. The van der Waals surface area contributed by atoms with Gasteiger partial charge in [0.2, 0.25) is 5.91 Å². The number of hydrogen-bond donors (Lipinski definition) is 1. The van der Waals surface area contributed by atoms with E-state index in [0.29, 0.717) is 25.2 Å². The number of nitrogens with zero attached hydrogens (tertiary/aromatic N) is 4. The van der Waals surface area contributed by atoms with Gasteiger partial charge in [-0.2, -0.15) is 0 Å². The standard InChI is InChI=1S/C16H19N5O3/c1-10-14(16(23)20-8-7-11(9-20)15(17)22)18-19-21(10)12-3-5-13(24-2)6-4-12/h3-6,11H,7-9H2,1-2H3,(H2,17,22)/t11-/m1/s1. The van der Waals surface area contributed by atoms with Crippen molar-refractivity contribution in [3.63, 3.8) is 0 Å². The molecule has 2 heterocycles. The van der Waals surface area contributed by atoms with Crippen molar-refractivity contribution < 1.29 is 14.3 Å². The first-order chi connectivity index (χ1) is 11.5. The fourth-order valence-corrected chi connectivity index (χ4v) is 2.82. The Balaban J connectivity index is 1.81. The zero-order chi connectivity index (χ0) is 17.3. The fourth-order valence-electron chi connectivity index (χ4n) is 2.82. The molecule has 8 heteroatoms. The summed E-state index contributed by atoms with van der Waals surface area (Å²) in [5, 5.41) is 8.10. The minimum atomic E-state index is -0.371. The van der Waals surface area contributed by atoms with E-state index in [1.807, 2.05) is 24.3 Å². The summed E-state index contributed by atoms with van der Waals surface area (Å²) in [6.07, 6.45) is 0.590. The van der Waals surface area contributed by atoms with Gasteiger partial charge in [0.15, 0.2) is 5.69 Å². The van der Waals surface area contributed by atoms with Crippen LogP contribution in [0.1, 0.15) is 22.6 Å². The van der Waals surface area contributed by atoms with Gasteiger partial charge < -0.3 is 15.4 Å². The van der Waals surface area contributed by atoms with Crippen LogP contribution in [0.25, 0.3) is 5.69 Å². The molecule has 1 aromatic carbocycles. The third-order valence-corrected chi connectivity index (χ3v) is 4.29. The van der Waals surface area contributed by atoms with Crippen LogP contribution < -0.4 is 10.5 Å². The Labute approximate surface area is 139 Å². The number of carbonyl (C=O) groups excluding carboxylic acids is 2. The number of carbonyl (C=O) groups is 2. The van der Waals surface area contributed by atoms with E-state index in [2.05, 4.69) is 10.3 Å². The lowest BCUT2D eigenvalue weighted by atomic mass is 10.1. The molecule has 0 spiro atoms. The predicted octanol–water partition coefficient (Wildman–Crippen LogP) is 0.532. The van der Waals surface area contributed by atoms with E-state index >= 15 is 0 Å². The molecule has 3 rings (SSSR count). The lowest BCUT2D eigenvalue weighted by molar-refractivity contribution is -0.121. The number of primary amides is 1. The molecule has 1 aliphatic heterocycles. The molecule has 1 fully saturated rings. The van der Waals surface area contributed by atoms with Gasteiger partial charge in [-0.15, -0.1) is 5.10 Å². The zero-order valence-electron chi connectivity index (χ0n) is 13.6. The Morgan fingerprint density at radius 1 is 1.29 bits per heavy atom. The fraction of sp³-hybridized carbons (Fsp3) is 0.375. The molecule has 1 saturated heterocycles. The van der Waals surface area contributed by atoms with Gasteiger partial charge in [0.1, 0.15) is 5.75 Å². The normalized spacial score (nSPS) is 17.1. The van der Waals surface area contributed by atoms with Crippen LogP contribution in [0.15, 0.2) is 24.3 Å². The summed E-state index contributed by atoms with van der Waals surface area (Å²) in [5.74, 6) is -0.145. The second kappa shape index (κ2) is 6.31. The monoisotopic (exact) mass is 329 g/mol. The number of nitrogens with two attached hydrogens (primary N) is 1. The number of methoxy groups -OCH3 is 1. The minimum Gasteiger partial charge on any atom is -0.497 e. The Morgan fingerprint density at radius 3 is 2.58 bits per heavy atom. The van der Waals surface area contributed by atoms with Crippen LogP contribution in [0.3, 0.4) is 0 Å². The van der Waals surface area contributed by atoms with Crippen molar-refractivity contribution in [1.29, 1.82) is 0 Å². The molecule has 1 aromatic heterocycles. The van der Waals surface area contributed by atoms with Crippen molar-refractivity contribution in [2.45, 2.75) is 13.3 Å². The zero-order valence-corrected chi connectivity index (χ0v) is 13.6. The number of ether oxygens (including phenoxy) is 1. The first-order valence-corrected chi connectivity index (χ1v) is 7.66. The maximum absolute atomic E-state index is 12.6. The van der Waals surface area contributed by atoms with E-state index in [4.69, 9.17) is 10.5 Å². The molecule has 2 aromatic rings. The quantitative estimate of drug-likeness (QED) is 0.881. The number of aromatic nitrogens is 3. The number of amides is 2. The van der Waals surface area contributed by atoms with Crippen LogP contribution in [0, 0.1) is 12.8 Å². The second-order valence-corrected chi connectivity index (χ2v) is 5.77. The van der Waals surface area contributed by atoms with Crippen LogP contribution in [-0.4, -0.2) is 51.9 Å². The third-order valence-electron chi connectivity index (χ3n) is 4.29. The summed E-state index contributed by atoms with van der Waals surface area (Å²) < 4.78 is 6.74. The Hall–Kier alpha value is -2.90. The van der Waals surface area contributed by atoms with Crippen LogP contribution in [-0.2, 0) is 4.79 Å². The van der Waals surface area contributed by atoms with Crippen molar-refractivity contribution in [3.05, 3.63) is 35.7 Å². The molecular formula is C16H19N5O3. The molecule has 0 aliphatic carbocycles. The largest absolute Gasteiger partial charge is 0.497 e. The molecule has 0 radical (unpaired) electrons. The maximum Gasteiger partial charge on any atom is 0.276 e. The molecule has 0 unspecified atom stereocenters. The average Bonchev–Trinajstić information content (AvgIpc) is 3.21. The average molecular weight is 329 g/mol. The Bertz CT molecular complexity index is 769. The predicted molar refractivity (Wildman–Crippen MR) is 85.9 cm³/mol. The molecular weight excluding hydrogens is 310 g/mol. The molecule has 0 bridgehead atoms. The van der Waals surface area contributed by atoms with Crippen molar-refractivity contribution in [2.24, 2.45) is 11.7 Å². The minimum absolute atomic E-state index is 0.226. The summed E-state index contributed by atoms with van der Waals surface area (Å²) in [6.45, 7) is 2.63. The molecule has 2 N–H and O–H groups in total. The molecule has 24 heavy (non-hydrogen) atoms. The van der Waals surface area contributed by atoms with Gasteiger partial charge in [-0.1, -0.05) is 5.21 Å². The van der Waals surface area contributed by atoms with Gasteiger partial charge in [-0.05, 0) is 37.6 Å². The van der Waals surface area contributed by atoms with Gasteiger partial charge in [0.05, 0.1) is 24.4 Å². The summed E-state index contributed by atoms with van der Waals surface area (Å²) in [7, 11) is 1.60. The van der Waals surface area contributed by atoms with E-state index in [0.717, 1.165) is 11.4 Å². The van der Waals surface area contributed by atoms with E-state index < -0.39 is 0 Å². The molecule has 0 saturated carbocycles. The van der Waals surface area contributed by atoms with Crippen LogP contribution >= 0.6 is 0 Å². The van der Waals surface area contributed by atoms with E-state index in [1.54, 1.807) is 23.6 Å². The summed E-state index contributed by atoms with van der Waals surface area (Å²) in [5.41, 5.74) is 7.04. The highest BCUT2D eigenvalue weighted by Crippen LogP contribution is 2.21. The van der Waals surface area contributed by atoms with Gasteiger partial charge in [0, 0.05) is 13.1 Å². The first kappa shape index (κ1) is 16.0. The van der Waals surface area contributed by atoms with Crippen LogP contribution in [0.2, 0.25) is 0 Å². The van der Waals surface area contributed by atoms with Gasteiger partial charge in [-0.25, -0.2) is 4.68 Å². The Kier molecular flexibility index (Phi) is 4.20. The van der Waals surface area contributed by atoms with E-state index in [-0.39, 0.29) is 23.4 Å². The van der Waals surface area contributed by atoms with Gasteiger partial charge in [-0.3, -0.25) is 9.59 Å². The molecule has 1 aliphatic rings. The number of hydrogen-bond acceptors (Lipinski definition) is 5. The third kappa shape index (κ3) is 2.82. The molecule has 8 nitrogen and oxygen atoms in total. The van der Waals surface area contributed by atoms with Crippen molar-refractivity contribution in [3.8, 4) is 11.4 Å². The van der Waals surface area contributed by atoms with Crippen molar-refractivity contribution in [1.82, 2.24) is 19.9 Å². The summed E-state index contributed by atoms with van der Waals surface area (Å²) in [6, 6.07) is 7.31. The highest BCUT2D eigenvalue weighted by atomic mass is 16.5. The number of benzene rings is 1. The smallest absolute Gasteiger partial charge is 0.276 e. The highest BCUT2D eigenvalue weighted by Gasteiger charge is 2.32. The van der Waals surface area contributed by atoms with E-state index in [1.165, 1.54) is 0 Å². The van der Waals surface area contributed by atoms with E-state index in [9.17, 15) is 9.59 Å². The first-order valence-electron chi connectivity index (χ1n) is 7.66. The number of rotatable bonds is 4. The summed E-state index contributed by atoms with van der Waals surface area (Å²) >= 11 is 0. The van der Waals surface area contributed by atoms with Crippen molar-refractivity contribution in [2.75, 3.05) is 20.2 Å². The maximum atomic E-state index is 12.6. The topological polar surface area (TPSA) is 103 Å². The lowest BCUT2D eigenvalue weighted by Crippen LogP contribution is -2.32. The second-order valence-electron chi connectivity index (χ2n) is 5.77. The molecule has 126 valence electrons. The SMILES string of the molecule is COc1ccc(-n2nnc(C(=O)N3CC[C@@H](C(N)=O)C3)c2C)cc1. The summed E-state index contributed by atoms with van der Waals surface area (Å²) in [4.78, 5) is 25.5.